The molecule has 1 fully saturated rings. The van der Waals surface area contributed by atoms with Crippen LogP contribution in [0.2, 0.25) is 0 Å². The van der Waals surface area contributed by atoms with Gasteiger partial charge in [0.25, 0.3) is 17.4 Å². The minimum atomic E-state index is -0.509. The Morgan fingerprint density at radius 1 is 1.19 bits per heavy atom. The first-order valence-electron chi connectivity index (χ1n) is 9.23. The first-order chi connectivity index (χ1) is 13.2. The number of carbonyl (C=O) groups excluding carboxylic acids is 1. The summed E-state index contributed by atoms with van der Waals surface area (Å²) in [6.45, 7) is 1.98. The van der Waals surface area contributed by atoms with Gasteiger partial charge in [-0.2, -0.15) is 0 Å². The Balaban J connectivity index is 1.37. The Morgan fingerprint density at radius 3 is 2.81 bits per heavy atom. The number of hydrogen-bond acceptors (Lipinski definition) is 6. The Kier molecular flexibility index (Phi) is 3.56. The zero-order valence-corrected chi connectivity index (χ0v) is 14.9. The minimum absolute atomic E-state index is 0.248. The summed E-state index contributed by atoms with van der Waals surface area (Å²) in [5.41, 5.74) is 2.33. The summed E-state index contributed by atoms with van der Waals surface area (Å²) in [4.78, 5) is 16.8. The van der Waals surface area contributed by atoms with Crippen molar-refractivity contribution in [2.75, 3.05) is 5.32 Å². The highest BCUT2D eigenvalue weighted by atomic mass is 16.7. The molecule has 138 valence electrons. The van der Waals surface area contributed by atoms with E-state index in [0.29, 0.717) is 29.1 Å². The van der Waals surface area contributed by atoms with E-state index in [9.17, 15) is 4.79 Å². The molecule has 1 spiro atoms. The molecule has 2 aromatic heterocycles. The Labute approximate surface area is 155 Å². The number of hydrogen-bond donors (Lipinski definition) is 1. The molecule has 1 aliphatic carbocycles. The molecule has 3 aromatic rings. The molecule has 7 nitrogen and oxygen atoms in total. The summed E-state index contributed by atoms with van der Waals surface area (Å²) in [6.07, 6.45) is 6.21. The van der Waals surface area contributed by atoms with Gasteiger partial charge in [0.05, 0.1) is 16.6 Å². The Morgan fingerprint density at radius 2 is 2.00 bits per heavy atom. The van der Waals surface area contributed by atoms with Crippen LogP contribution in [0.1, 0.15) is 48.7 Å². The van der Waals surface area contributed by atoms with Crippen LogP contribution in [0.25, 0.3) is 11.1 Å². The minimum Gasteiger partial charge on any atom is -0.448 e. The van der Waals surface area contributed by atoms with Crippen molar-refractivity contribution in [1.29, 1.82) is 0 Å². The van der Waals surface area contributed by atoms with Crippen molar-refractivity contribution in [3.05, 3.63) is 41.7 Å². The fourth-order valence-corrected chi connectivity index (χ4v) is 3.75. The Bertz CT molecular complexity index is 1040. The van der Waals surface area contributed by atoms with E-state index in [1.807, 2.05) is 25.1 Å². The fraction of sp³-hybridized carbons (Fsp3) is 0.350. The lowest BCUT2D eigenvalue weighted by atomic mass is 10.1. The molecule has 1 amide bonds. The molecule has 1 saturated carbocycles. The lowest BCUT2D eigenvalue weighted by molar-refractivity contribution is -0.0716. The molecule has 0 radical (unpaired) electrons. The molecule has 3 heterocycles. The fourth-order valence-electron chi connectivity index (χ4n) is 3.75. The first kappa shape index (κ1) is 16.1. The standard InChI is InChI=1S/C20H19N3O4/c1-2-15-14-9-12(11-21-19(14)27-23-15)18(24)22-13-5-6-16-17(10-13)26-20(25-16)7-3-4-8-20/h5-6,9-11H,2-4,7-8H2,1H3,(H,22,24). The average Bonchev–Trinajstić information content (AvgIpc) is 3.39. The Hall–Kier alpha value is -3.09. The van der Waals surface area contributed by atoms with Crippen molar-refractivity contribution in [2.45, 2.75) is 44.8 Å². The van der Waals surface area contributed by atoms with Crippen molar-refractivity contribution in [2.24, 2.45) is 0 Å². The van der Waals surface area contributed by atoms with Gasteiger partial charge in [-0.25, -0.2) is 4.98 Å². The van der Waals surface area contributed by atoms with Gasteiger partial charge in [-0.1, -0.05) is 12.1 Å². The van der Waals surface area contributed by atoms with Crippen LogP contribution in [0, 0.1) is 0 Å². The van der Waals surface area contributed by atoms with E-state index < -0.39 is 5.79 Å². The number of nitrogens with one attached hydrogen (secondary N) is 1. The number of anilines is 1. The van der Waals surface area contributed by atoms with E-state index >= 15 is 0 Å². The predicted octanol–water partition coefficient (Wildman–Crippen LogP) is 4.08. The SMILES string of the molecule is CCc1noc2ncc(C(=O)Nc3ccc4c(c3)OC3(CCCC3)O4)cc12. The van der Waals surface area contributed by atoms with Gasteiger partial charge in [-0.3, -0.25) is 4.79 Å². The molecule has 2 aliphatic rings. The first-order valence-corrected chi connectivity index (χ1v) is 9.23. The van der Waals surface area contributed by atoms with Crippen molar-refractivity contribution >= 4 is 22.7 Å². The topological polar surface area (TPSA) is 86.5 Å². The number of aromatic nitrogens is 2. The van der Waals surface area contributed by atoms with E-state index in [-0.39, 0.29) is 5.91 Å². The van der Waals surface area contributed by atoms with Gasteiger partial charge in [0.1, 0.15) is 0 Å². The molecule has 1 N–H and O–H groups in total. The van der Waals surface area contributed by atoms with E-state index in [0.717, 1.165) is 42.5 Å². The van der Waals surface area contributed by atoms with Gasteiger partial charge < -0.3 is 19.3 Å². The number of nitrogens with zero attached hydrogens (tertiary/aromatic N) is 2. The maximum absolute atomic E-state index is 12.7. The lowest BCUT2D eigenvalue weighted by Gasteiger charge is -2.21. The summed E-state index contributed by atoms with van der Waals surface area (Å²) < 4.78 is 17.2. The van der Waals surface area contributed by atoms with E-state index in [2.05, 4.69) is 15.5 Å². The van der Waals surface area contributed by atoms with Gasteiger partial charge >= 0.3 is 0 Å². The number of carbonyl (C=O) groups is 1. The number of pyridine rings is 1. The van der Waals surface area contributed by atoms with Crippen LogP contribution in [0.5, 0.6) is 11.5 Å². The van der Waals surface area contributed by atoms with Crippen molar-refractivity contribution < 1.29 is 18.8 Å². The molecule has 0 bridgehead atoms. The number of fused-ring (bicyclic) bond motifs is 2. The number of aryl methyl sites for hydroxylation is 1. The molecule has 5 rings (SSSR count). The number of amides is 1. The van der Waals surface area contributed by atoms with Gasteiger partial charge in [0, 0.05) is 30.8 Å². The third-order valence-corrected chi connectivity index (χ3v) is 5.16. The number of rotatable bonds is 3. The molecule has 7 heteroatoms. The van der Waals surface area contributed by atoms with Gasteiger partial charge in [0.15, 0.2) is 11.5 Å². The molecular weight excluding hydrogens is 346 g/mol. The smallest absolute Gasteiger partial charge is 0.257 e. The normalized spacial score (nSPS) is 16.9. The molecule has 27 heavy (non-hydrogen) atoms. The molecular formula is C20H19N3O4. The molecule has 1 aromatic carbocycles. The van der Waals surface area contributed by atoms with Crippen molar-refractivity contribution in [1.82, 2.24) is 10.1 Å². The van der Waals surface area contributed by atoms with Crippen LogP contribution in [0.3, 0.4) is 0 Å². The number of benzene rings is 1. The number of ether oxygens (including phenoxy) is 2. The van der Waals surface area contributed by atoms with Crippen LogP contribution < -0.4 is 14.8 Å². The van der Waals surface area contributed by atoms with Crippen LogP contribution >= 0.6 is 0 Å². The average molecular weight is 365 g/mol. The van der Waals surface area contributed by atoms with Crippen LogP contribution in [0.15, 0.2) is 35.0 Å². The quantitative estimate of drug-likeness (QED) is 0.753. The second-order valence-corrected chi connectivity index (χ2v) is 7.00. The van der Waals surface area contributed by atoms with Crippen molar-refractivity contribution in [3.8, 4) is 11.5 Å². The zero-order valence-electron chi connectivity index (χ0n) is 14.9. The summed E-state index contributed by atoms with van der Waals surface area (Å²) in [5, 5.41) is 7.63. The van der Waals surface area contributed by atoms with E-state index in [1.54, 1.807) is 6.07 Å². The third-order valence-electron chi connectivity index (χ3n) is 5.16. The second kappa shape index (κ2) is 5.97. The third kappa shape index (κ3) is 2.70. The predicted molar refractivity (Wildman–Crippen MR) is 98.0 cm³/mol. The van der Waals surface area contributed by atoms with E-state index in [4.69, 9.17) is 14.0 Å². The highest BCUT2D eigenvalue weighted by Crippen LogP contribution is 2.47. The summed E-state index contributed by atoms with van der Waals surface area (Å²) in [6, 6.07) is 7.22. The highest BCUT2D eigenvalue weighted by Gasteiger charge is 2.44. The van der Waals surface area contributed by atoms with Gasteiger partial charge in [0.2, 0.25) is 0 Å². The van der Waals surface area contributed by atoms with Gasteiger partial charge in [-0.05, 0) is 37.5 Å². The monoisotopic (exact) mass is 365 g/mol. The zero-order chi connectivity index (χ0) is 18.4. The summed E-state index contributed by atoms with van der Waals surface area (Å²) >= 11 is 0. The maximum Gasteiger partial charge on any atom is 0.257 e. The highest BCUT2D eigenvalue weighted by molar-refractivity contribution is 6.05. The summed E-state index contributed by atoms with van der Waals surface area (Å²) in [5.74, 6) is 0.651. The molecule has 1 aliphatic heterocycles. The lowest BCUT2D eigenvalue weighted by Crippen LogP contribution is -2.34. The summed E-state index contributed by atoms with van der Waals surface area (Å²) in [7, 11) is 0. The molecule has 0 saturated heterocycles. The molecule has 0 atom stereocenters. The van der Waals surface area contributed by atoms with Gasteiger partial charge in [-0.15, -0.1) is 0 Å². The largest absolute Gasteiger partial charge is 0.448 e. The second-order valence-electron chi connectivity index (χ2n) is 7.00. The maximum atomic E-state index is 12.7. The van der Waals surface area contributed by atoms with Crippen LogP contribution in [-0.4, -0.2) is 21.8 Å². The van der Waals surface area contributed by atoms with E-state index in [1.165, 1.54) is 6.20 Å². The van der Waals surface area contributed by atoms with Crippen molar-refractivity contribution in [3.63, 3.8) is 0 Å². The van der Waals surface area contributed by atoms with Crippen LogP contribution in [0.4, 0.5) is 5.69 Å². The molecule has 0 unspecified atom stereocenters. The van der Waals surface area contributed by atoms with Crippen LogP contribution in [-0.2, 0) is 6.42 Å².